The summed E-state index contributed by atoms with van der Waals surface area (Å²) in [7, 11) is 0. The molecule has 1 saturated carbocycles. The summed E-state index contributed by atoms with van der Waals surface area (Å²) in [6.45, 7) is 1.82. The van der Waals surface area contributed by atoms with Crippen LogP contribution in [0.1, 0.15) is 37.7 Å². The van der Waals surface area contributed by atoms with Crippen molar-refractivity contribution in [2.75, 3.05) is 18.5 Å². The number of benzene rings is 1. The van der Waals surface area contributed by atoms with Crippen LogP contribution in [0, 0.1) is 5.92 Å². The smallest absolute Gasteiger partial charge is 0.226 e. The summed E-state index contributed by atoms with van der Waals surface area (Å²) in [5.41, 5.74) is 7.40. The predicted molar refractivity (Wildman–Crippen MR) is 80.4 cm³/mol. The third kappa shape index (κ3) is 4.94. The SMILES string of the molecule is NCc1ccc(NC(=O)CCOCC2CCCC2)cc1. The van der Waals surface area contributed by atoms with E-state index in [1.165, 1.54) is 25.7 Å². The first-order chi connectivity index (χ1) is 9.78. The van der Waals surface area contributed by atoms with Crippen LogP contribution in [0.15, 0.2) is 24.3 Å². The van der Waals surface area contributed by atoms with Gasteiger partial charge in [-0.15, -0.1) is 0 Å². The molecule has 1 amide bonds. The van der Waals surface area contributed by atoms with Gasteiger partial charge in [0, 0.05) is 18.8 Å². The van der Waals surface area contributed by atoms with E-state index in [1.54, 1.807) is 0 Å². The molecule has 1 aromatic rings. The Morgan fingerprint density at radius 1 is 1.25 bits per heavy atom. The summed E-state index contributed by atoms with van der Waals surface area (Å²) in [4.78, 5) is 11.7. The van der Waals surface area contributed by atoms with E-state index in [9.17, 15) is 4.79 Å². The lowest BCUT2D eigenvalue weighted by molar-refractivity contribution is -0.117. The fourth-order valence-corrected chi connectivity index (χ4v) is 2.54. The first-order valence-corrected chi connectivity index (χ1v) is 7.44. The van der Waals surface area contributed by atoms with Gasteiger partial charge < -0.3 is 15.8 Å². The largest absolute Gasteiger partial charge is 0.381 e. The molecule has 1 fully saturated rings. The van der Waals surface area contributed by atoms with Crippen molar-refractivity contribution in [3.63, 3.8) is 0 Å². The van der Waals surface area contributed by atoms with Gasteiger partial charge in [-0.25, -0.2) is 0 Å². The van der Waals surface area contributed by atoms with E-state index in [0.29, 0.717) is 25.5 Å². The number of hydrogen-bond donors (Lipinski definition) is 2. The van der Waals surface area contributed by atoms with E-state index in [0.717, 1.165) is 17.9 Å². The van der Waals surface area contributed by atoms with E-state index in [2.05, 4.69) is 5.32 Å². The molecule has 2 rings (SSSR count). The van der Waals surface area contributed by atoms with Crippen LogP contribution in [0.4, 0.5) is 5.69 Å². The standard InChI is InChI=1S/C16H24N2O2/c17-11-13-5-7-15(8-6-13)18-16(19)9-10-20-12-14-3-1-2-4-14/h5-8,14H,1-4,9-12,17H2,(H,18,19). The van der Waals surface area contributed by atoms with Crippen LogP contribution in [-0.2, 0) is 16.1 Å². The second kappa shape index (κ2) is 8.02. The molecule has 0 bridgehead atoms. The molecular formula is C16H24N2O2. The Morgan fingerprint density at radius 2 is 1.95 bits per heavy atom. The Labute approximate surface area is 120 Å². The summed E-state index contributed by atoms with van der Waals surface area (Å²) >= 11 is 0. The van der Waals surface area contributed by atoms with Crippen LogP contribution in [0.2, 0.25) is 0 Å². The number of carbonyl (C=O) groups is 1. The van der Waals surface area contributed by atoms with Gasteiger partial charge in [0.1, 0.15) is 0 Å². The maximum atomic E-state index is 11.7. The number of anilines is 1. The molecule has 0 spiro atoms. The molecule has 3 N–H and O–H groups in total. The molecule has 0 atom stereocenters. The topological polar surface area (TPSA) is 64.3 Å². The van der Waals surface area contributed by atoms with Crippen LogP contribution in [0.5, 0.6) is 0 Å². The molecule has 0 aromatic heterocycles. The monoisotopic (exact) mass is 276 g/mol. The quantitative estimate of drug-likeness (QED) is 0.753. The maximum Gasteiger partial charge on any atom is 0.226 e. The zero-order valence-electron chi connectivity index (χ0n) is 11.9. The molecule has 1 aromatic carbocycles. The van der Waals surface area contributed by atoms with Gasteiger partial charge >= 0.3 is 0 Å². The summed E-state index contributed by atoms with van der Waals surface area (Å²) in [5.74, 6) is 0.707. The van der Waals surface area contributed by atoms with Gasteiger partial charge in [0.15, 0.2) is 0 Å². The Morgan fingerprint density at radius 3 is 2.60 bits per heavy atom. The van der Waals surface area contributed by atoms with Crippen molar-refractivity contribution in [2.45, 2.75) is 38.6 Å². The highest BCUT2D eigenvalue weighted by molar-refractivity contribution is 5.90. The second-order valence-electron chi connectivity index (χ2n) is 5.42. The van der Waals surface area contributed by atoms with Crippen molar-refractivity contribution < 1.29 is 9.53 Å². The van der Waals surface area contributed by atoms with Crippen molar-refractivity contribution in [1.82, 2.24) is 0 Å². The fraction of sp³-hybridized carbons (Fsp3) is 0.562. The van der Waals surface area contributed by atoms with Gasteiger partial charge in [0.25, 0.3) is 0 Å². The highest BCUT2D eigenvalue weighted by Crippen LogP contribution is 2.24. The molecule has 1 aliphatic rings. The summed E-state index contributed by atoms with van der Waals surface area (Å²) in [5, 5.41) is 2.86. The maximum absolute atomic E-state index is 11.7. The molecule has 0 saturated heterocycles. The number of nitrogens with two attached hydrogens (primary N) is 1. The van der Waals surface area contributed by atoms with Gasteiger partial charge in [-0.05, 0) is 36.5 Å². The molecule has 1 aliphatic carbocycles. The fourth-order valence-electron chi connectivity index (χ4n) is 2.54. The molecule has 20 heavy (non-hydrogen) atoms. The molecule has 4 heteroatoms. The summed E-state index contributed by atoms with van der Waals surface area (Å²) in [6, 6.07) is 7.59. The van der Waals surface area contributed by atoms with Gasteiger partial charge in [-0.3, -0.25) is 4.79 Å². The Bertz CT molecular complexity index is 411. The number of rotatable bonds is 7. The number of ether oxygens (including phenoxy) is 1. The number of nitrogens with one attached hydrogen (secondary N) is 1. The molecule has 4 nitrogen and oxygen atoms in total. The lowest BCUT2D eigenvalue weighted by Crippen LogP contribution is -2.15. The lowest BCUT2D eigenvalue weighted by atomic mass is 10.1. The average molecular weight is 276 g/mol. The van der Waals surface area contributed by atoms with E-state index in [4.69, 9.17) is 10.5 Å². The zero-order chi connectivity index (χ0) is 14.2. The molecule has 110 valence electrons. The number of amides is 1. The Hall–Kier alpha value is -1.39. The van der Waals surface area contributed by atoms with E-state index in [1.807, 2.05) is 24.3 Å². The lowest BCUT2D eigenvalue weighted by Gasteiger charge is -2.10. The van der Waals surface area contributed by atoms with Gasteiger partial charge in [-0.1, -0.05) is 25.0 Å². The van der Waals surface area contributed by atoms with Crippen molar-refractivity contribution in [1.29, 1.82) is 0 Å². The summed E-state index contributed by atoms with van der Waals surface area (Å²) < 4.78 is 5.59. The van der Waals surface area contributed by atoms with Gasteiger partial charge in [-0.2, -0.15) is 0 Å². The minimum Gasteiger partial charge on any atom is -0.381 e. The number of hydrogen-bond acceptors (Lipinski definition) is 3. The van der Waals surface area contributed by atoms with Crippen LogP contribution in [-0.4, -0.2) is 19.1 Å². The van der Waals surface area contributed by atoms with E-state index in [-0.39, 0.29) is 5.91 Å². The third-order valence-corrected chi connectivity index (χ3v) is 3.78. The second-order valence-corrected chi connectivity index (χ2v) is 5.42. The van der Waals surface area contributed by atoms with Crippen molar-refractivity contribution in [3.8, 4) is 0 Å². The minimum absolute atomic E-state index is 0.00285. The first-order valence-electron chi connectivity index (χ1n) is 7.44. The van der Waals surface area contributed by atoms with Crippen molar-refractivity contribution in [3.05, 3.63) is 29.8 Å². The Balaban J connectivity index is 1.61. The highest BCUT2D eigenvalue weighted by atomic mass is 16.5. The zero-order valence-corrected chi connectivity index (χ0v) is 11.9. The predicted octanol–water partition coefficient (Wildman–Crippen LogP) is 2.68. The van der Waals surface area contributed by atoms with Crippen molar-refractivity contribution >= 4 is 11.6 Å². The first kappa shape index (κ1) is 15.0. The van der Waals surface area contributed by atoms with Crippen LogP contribution >= 0.6 is 0 Å². The van der Waals surface area contributed by atoms with Crippen molar-refractivity contribution in [2.24, 2.45) is 11.7 Å². The minimum atomic E-state index is -0.00285. The van der Waals surface area contributed by atoms with Gasteiger partial charge in [0.05, 0.1) is 13.0 Å². The molecule has 0 unspecified atom stereocenters. The molecular weight excluding hydrogens is 252 g/mol. The van der Waals surface area contributed by atoms with Crippen LogP contribution < -0.4 is 11.1 Å². The third-order valence-electron chi connectivity index (χ3n) is 3.78. The molecule has 0 aliphatic heterocycles. The van der Waals surface area contributed by atoms with Crippen LogP contribution in [0.3, 0.4) is 0 Å². The Kier molecular flexibility index (Phi) is 6.02. The van der Waals surface area contributed by atoms with E-state index < -0.39 is 0 Å². The average Bonchev–Trinajstić information content (AvgIpc) is 2.98. The molecule has 0 radical (unpaired) electrons. The highest BCUT2D eigenvalue weighted by Gasteiger charge is 2.14. The van der Waals surface area contributed by atoms with E-state index >= 15 is 0 Å². The van der Waals surface area contributed by atoms with Crippen LogP contribution in [0.25, 0.3) is 0 Å². The number of carbonyl (C=O) groups excluding carboxylic acids is 1. The normalized spacial score (nSPS) is 15.4. The molecule has 0 heterocycles. The van der Waals surface area contributed by atoms with Gasteiger partial charge in [0.2, 0.25) is 5.91 Å². The summed E-state index contributed by atoms with van der Waals surface area (Å²) in [6.07, 6.45) is 5.62.